The van der Waals surface area contributed by atoms with Gasteiger partial charge in [0.2, 0.25) is 0 Å². The smallest absolute Gasteiger partial charge is 0.139 e. The molecule has 122 valence electrons. The number of Topliss-reactive ketones (excluding diaryl/α,β-unsaturated/α-hetero) is 2. The highest BCUT2D eigenvalue weighted by Crippen LogP contribution is 2.68. The summed E-state index contributed by atoms with van der Waals surface area (Å²) in [6, 6.07) is 0. The van der Waals surface area contributed by atoms with E-state index < -0.39 is 0 Å². The maximum atomic E-state index is 12.4. The summed E-state index contributed by atoms with van der Waals surface area (Å²) < 4.78 is 0. The second-order valence-electron chi connectivity index (χ2n) is 9.53. The number of hydrogen-bond donors (Lipinski definition) is 0. The Bertz CT molecular complexity index is 538. The van der Waals surface area contributed by atoms with Crippen molar-refractivity contribution in [2.24, 2.45) is 34.0 Å². The van der Waals surface area contributed by atoms with Crippen LogP contribution in [0, 0.1) is 34.0 Å². The van der Waals surface area contributed by atoms with E-state index >= 15 is 0 Å². The van der Waals surface area contributed by atoms with E-state index in [-0.39, 0.29) is 10.8 Å². The Balaban J connectivity index is 1.69. The van der Waals surface area contributed by atoms with Crippen molar-refractivity contribution in [1.29, 1.82) is 0 Å². The fourth-order valence-corrected chi connectivity index (χ4v) is 7.17. The molecule has 6 atom stereocenters. The second kappa shape index (κ2) is 4.45. The molecule has 4 fully saturated rings. The number of fused-ring (bicyclic) bond motifs is 5. The van der Waals surface area contributed by atoms with E-state index in [0.717, 1.165) is 50.4 Å². The molecule has 2 heteroatoms. The van der Waals surface area contributed by atoms with E-state index in [4.69, 9.17) is 0 Å². The normalized spacial score (nSPS) is 54.6. The van der Waals surface area contributed by atoms with Gasteiger partial charge in [-0.05, 0) is 67.1 Å². The van der Waals surface area contributed by atoms with Crippen molar-refractivity contribution in [3.05, 3.63) is 0 Å². The third-order valence-corrected chi connectivity index (χ3v) is 8.88. The zero-order valence-corrected chi connectivity index (χ0v) is 14.4. The van der Waals surface area contributed by atoms with Gasteiger partial charge in [-0.15, -0.1) is 0 Å². The molecule has 0 aliphatic heterocycles. The summed E-state index contributed by atoms with van der Waals surface area (Å²) in [6.45, 7) is 7.12. The van der Waals surface area contributed by atoms with Gasteiger partial charge in [0, 0.05) is 24.7 Å². The summed E-state index contributed by atoms with van der Waals surface area (Å²) in [5.74, 6) is 3.11. The molecule has 0 N–H and O–H groups in total. The second-order valence-corrected chi connectivity index (χ2v) is 9.53. The van der Waals surface area contributed by atoms with Gasteiger partial charge in [0.05, 0.1) is 0 Å². The summed E-state index contributed by atoms with van der Waals surface area (Å²) in [4.78, 5) is 24.5. The van der Waals surface area contributed by atoms with Crippen LogP contribution in [0.3, 0.4) is 0 Å². The molecule has 0 aromatic rings. The lowest BCUT2D eigenvalue weighted by molar-refractivity contribution is -0.163. The van der Waals surface area contributed by atoms with Crippen LogP contribution in [0.15, 0.2) is 0 Å². The van der Waals surface area contributed by atoms with Crippen LogP contribution in [0.25, 0.3) is 0 Å². The molecule has 0 spiro atoms. The van der Waals surface area contributed by atoms with E-state index in [1.165, 1.54) is 19.3 Å². The monoisotopic (exact) mass is 302 g/mol. The lowest BCUT2D eigenvalue weighted by Crippen LogP contribution is -2.57. The molecule has 0 amide bonds. The van der Waals surface area contributed by atoms with E-state index in [1.807, 2.05) is 0 Å². The molecule has 0 heterocycles. The third kappa shape index (κ3) is 1.67. The standard InChI is InChI=1S/C20H30O2/c1-18-9-7-14-15-4-5-17(22)19(15,2)10-8-16(14)20(18,3)11-6-13(21)12-18/h14-16H,4-12H2,1-3H3/t14?,15?,16?,18-,19+,20-/m1/s1. The largest absolute Gasteiger partial charge is 0.300 e. The van der Waals surface area contributed by atoms with Gasteiger partial charge in [-0.2, -0.15) is 0 Å². The highest BCUT2D eigenvalue weighted by molar-refractivity contribution is 5.87. The molecule has 22 heavy (non-hydrogen) atoms. The first-order valence-electron chi connectivity index (χ1n) is 9.35. The minimum atomic E-state index is -0.0181. The average molecular weight is 302 g/mol. The van der Waals surface area contributed by atoms with E-state index in [9.17, 15) is 9.59 Å². The molecule has 0 bridgehead atoms. The van der Waals surface area contributed by atoms with Crippen molar-refractivity contribution in [1.82, 2.24) is 0 Å². The van der Waals surface area contributed by atoms with Crippen LogP contribution in [0.1, 0.15) is 78.6 Å². The lowest BCUT2D eigenvalue weighted by Gasteiger charge is -2.63. The van der Waals surface area contributed by atoms with E-state index in [2.05, 4.69) is 20.8 Å². The van der Waals surface area contributed by atoms with E-state index in [1.54, 1.807) is 0 Å². The Kier molecular flexibility index (Phi) is 3.02. The maximum absolute atomic E-state index is 12.4. The van der Waals surface area contributed by atoms with Gasteiger partial charge in [0.25, 0.3) is 0 Å². The Morgan fingerprint density at radius 3 is 2.41 bits per heavy atom. The maximum Gasteiger partial charge on any atom is 0.139 e. The molecule has 4 rings (SSSR count). The summed E-state index contributed by atoms with van der Waals surface area (Å²) in [6.07, 6.45) is 9.36. The quantitative estimate of drug-likeness (QED) is 0.657. The van der Waals surface area contributed by atoms with Crippen molar-refractivity contribution < 1.29 is 9.59 Å². The van der Waals surface area contributed by atoms with Gasteiger partial charge < -0.3 is 0 Å². The minimum absolute atomic E-state index is 0.0181. The van der Waals surface area contributed by atoms with Crippen LogP contribution in [0.2, 0.25) is 0 Å². The summed E-state index contributed by atoms with van der Waals surface area (Å²) in [5, 5.41) is 0. The van der Waals surface area contributed by atoms with Crippen molar-refractivity contribution in [2.75, 3.05) is 0 Å². The van der Waals surface area contributed by atoms with E-state index in [0.29, 0.717) is 22.9 Å². The van der Waals surface area contributed by atoms with Crippen LogP contribution in [0.5, 0.6) is 0 Å². The Morgan fingerprint density at radius 1 is 0.864 bits per heavy atom. The number of carbonyl (C=O) groups is 2. The Morgan fingerprint density at radius 2 is 1.64 bits per heavy atom. The van der Waals surface area contributed by atoms with Gasteiger partial charge in [-0.25, -0.2) is 0 Å². The molecule has 0 aromatic carbocycles. The number of carbonyl (C=O) groups excluding carboxylic acids is 2. The molecular formula is C20H30O2. The molecule has 2 nitrogen and oxygen atoms in total. The zero-order chi connectivity index (χ0) is 15.8. The fourth-order valence-electron chi connectivity index (χ4n) is 7.17. The molecule has 3 unspecified atom stereocenters. The van der Waals surface area contributed by atoms with Gasteiger partial charge >= 0.3 is 0 Å². The van der Waals surface area contributed by atoms with Crippen LogP contribution in [-0.4, -0.2) is 11.6 Å². The molecule has 0 saturated heterocycles. The average Bonchev–Trinajstić information content (AvgIpc) is 2.76. The van der Waals surface area contributed by atoms with Gasteiger partial charge in [0.15, 0.2) is 0 Å². The Labute approximate surface area is 134 Å². The number of ketones is 2. The molecule has 4 aliphatic rings. The van der Waals surface area contributed by atoms with Gasteiger partial charge in [-0.3, -0.25) is 9.59 Å². The first-order chi connectivity index (χ1) is 10.3. The minimum Gasteiger partial charge on any atom is -0.300 e. The topological polar surface area (TPSA) is 34.1 Å². The van der Waals surface area contributed by atoms with Crippen molar-refractivity contribution >= 4 is 11.6 Å². The molecule has 4 saturated carbocycles. The zero-order valence-electron chi connectivity index (χ0n) is 14.4. The Hall–Kier alpha value is -0.660. The lowest BCUT2D eigenvalue weighted by atomic mass is 9.41. The fraction of sp³-hybridized carbons (Fsp3) is 0.900. The SMILES string of the molecule is C[C@]12CCC3C4CCC(=O)[C@@]4(C)CCC3[C@@]1(C)CCC(=O)C2. The molecular weight excluding hydrogens is 272 g/mol. The molecule has 0 aromatic heterocycles. The highest BCUT2D eigenvalue weighted by Gasteiger charge is 2.63. The molecule has 0 radical (unpaired) electrons. The first-order valence-corrected chi connectivity index (χ1v) is 9.35. The predicted octanol–water partition coefficient (Wildman–Crippen LogP) is 4.56. The van der Waals surface area contributed by atoms with Crippen molar-refractivity contribution in [3.63, 3.8) is 0 Å². The van der Waals surface area contributed by atoms with Crippen LogP contribution in [0.4, 0.5) is 0 Å². The molecule has 4 aliphatic carbocycles. The highest BCUT2D eigenvalue weighted by atomic mass is 16.1. The third-order valence-electron chi connectivity index (χ3n) is 8.88. The predicted molar refractivity (Wildman–Crippen MR) is 86.4 cm³/mol. The van der Waals surface area contributed by atoms with Crippen molar-refractivity contribution in [3.8, 4) is 0 Å². The van der Waals surface area contributed by atoms with Gasteiger partial charge in [0.1, 0.15) is 11.6 Å². The van der Waals surface area contributed by atoms with Gasteiger partial charge in [-0.1, -0.05) is 20.8 Å². The van der Waals surface area contributed by atoms with Crippen LogP contribution in [-0.2, 0) is 9.59 Å². The van der Waals surface area contributed by atoms with Crippen LogP contribution >= 0.6 is 0 Å². The first kappa shape index (κ1) is 14.9. The van der Waals surface area contributed by atoms with Crippen LogP contribution < -0.4 is 0 Å². The number of hydrogen-bond acceptors (Lipinski definition) is 2. The summed E-state index contributed by atoms with van der Waals surface area (Å²) in [5.41, 5.74) is 0.506. The summed E-state index contributed by atoms with van der Waals surface area (Å²) >= 11 is 0. The number of rotatable bonds is 0. The summed E-state index contributed by atoms with van der Waals surface area (Å²) in [7, 11) is 0. The van der Waals surface area contributed by atoms with Crippen molar-refractivity contribution in [2.45, 2.75) is 78.6 Å².